The smallest absolute Gasteiger partial charge is 0.323 e. The fourth-order valence-corrected chi connectivity index (χ4v) is 4.76. The monoisotopic (exact) mass is 597 g/mol. The molecule has 0 radical (unpaired) electrons. The lowest BCUT2D eigenvalue weighted by Crippen LogP contribution is -2.07. The lowest BCUT2D eigenvalue weighted by molar-refractivity contribution is -0.138. The van der Waals surface area contributed by atoms with E-state index in [0.29, 0.717) is 38.0 Å². The van der Waals surface area contributed by atoms with Gasteiger partial charge in [-0.15, -0.1) is 0 Å². The van der Waals surface area contributed by atoms with Gasteiger partial charge in [0.1, 0.15) is 23.1 Å². The van der Waals surface area contributed by atoms with E-state index in [-0.39, 0.29) is 30.3 Å². The van der Waals surface area contributed by atoms with Crippen molar-refractivity contribution in [2.24, 2.45) is 0 Å². The number of benzene rings is 3. The van der Waals surface area contributed by atoms with E-state index in [0.717, 1.165) is 33.7 Å². The topological polar surface area (TPSA) is 98.0 Å². The number of aromatic nitrogens is 1. The second-order valence-corrected chi connectivity index (χ2v) is 10.0. The highest BCUT2D eigenvalue weighted by Gasteiger charge is 2.14. The van der Waals surface area contributed by atoms with Crippen LogP contribution in [0.1, 0.15) is 42.4 Å². The quantitative estimate of drug-likeness (QED) is 0.0838. The molecule has 4 rings (SSSR count). The molecule has 42 heavy (non-hydrogen) atoms. The summed E-state index contributed by atoms with van der Waals surface area (Å²) in [5, 5.41) is 18.9. The number of aryl methyl sites for hydroxylation is 1. The number of aliphatic carboxylic acids is 2. The van der Waals surface area contributed by atoms with E-state index >= 15 is 0 Å². The molecule has 0 spiro atoms. The van der Waals surface area contributed by atoms with Crippen LogP contribution >= 0.6 is 11.6 Å². The van der Waals surface area contributed by atoms with Crippen LogP contribution in [0.2, 0.25) is 5.02 Å². The van der Waals surface area contributed by atoms with Crippen molar-refractivity contribution in [2.75, 3.05) is 13.2 Å². The molecule has 0 aliphatic carbocycles. The standard InChI is InChI=1S/C32H30ClF2NO6/c33-30-27(16-15-26(34)31(30)35)42-18-2-1-17-41-24-13-10-21(11-14-24)9-12-22-5-3-7-25-23(6-4-8-28(37)38)19-36(32(22)25)20-29(39)40/h3,5,7,9-16,19H,1-2,4,6,8,17-18,20H2,(H,37,38)(H,39,40)/b12-9+. The molecule has 0 fully saturated rings. The molecule has 3 aromatic carbocycles. The molecule has 1 aromatic heterocycles. The number of rotatable bonds is 15. The molecule has 0 aliphatic heterocycles. The molecule has 4 aromatic rings. The van der Waals surface area contributed by atoms with Crippen LogP contribution in [0.4, 0.5) is 8.78 Å². The van der Waals surface area contributed by atoms with Crippen molar-refractivity contribution < 1.29 is 38.1 Å². The van der Waals surface area contributed by atoms with Gasteiger partial charge in [-0.2, -0.15) is 0 Å². The Morgan fingerprint density at radius 2 is 1.62 bits per heavy atom. The number of carbonyl (C=O) groups is 2. The van der Waals surface area contributed by atoms with Crippen molar-refractivity contribution in [3.05, 3.63) is 94.1 Å². The molecule has 10 heteroatoms. The van der Waals surface area contributed by atoms with Crippen LogP contribution in [0.3, 0.4) is 0 Å². The normalized spacial score (nSPS) is 11.3. The average Bonchev–Trinajstić information content (AvgIpc) is 3.31. The molecule has 1 heterocycles. The Morgan fingerprint density at radius 1 is 0.881 bits per heavy atom. The van der Waals surface area contributed by atoms with Gasteiger partial charge in [0, 0.05) is 18.0 Å². The van der Waals surface area contributed by atoms with Gasteiger partial charge in [0.05, 0.1) is 18.7 Å². The van der Waals surface area contributed by atoms with Gasteiger partial charge >= 0.3 is 11.9 Å². The van der Waals surface area contributed by atoms with Gasteiger partial charge in [-0.05, 0) is 66.6 Å². The predicted octanol–water partition coefficient (Wildman–Crippen LogP) is 7.47. The first-order valence-electron chi connectivity index (χ1n) is 13.4. The molecule has 0 saturated carbocycles. The Bertz CT molecular complexity index is 1580. The zero-order valence-electron chi connectivity index (χ0n) is 22.7. The van der Waals surface area contributed by atoms with Crippen LogP contribution in [-0.4, -0.2) is 39.9 Å². The lowest BCUT2D eigenvalue weighted by atomic mass is 10.0. The van der Waals surface area contributed by atoms with Gasteiger partial charge in [0.25, 0.3) is 0 Å². The van der Waals surface area contributed by atoms with E-state index in [1.807, 2.05) is 54.6 Å². The summed E-state index contributed by atoms with van der Waals surface area (Å²) in [5.74, 6) is -3.17. The highest BCUT2D eigenvalue weighted by molar-refractivity contribution is 6.32. The minimum absolute atomic E-state index is 0.0501. The molecule has 0 amide bonds. The van der Waals surface area contributed by atoms with E-state index in [1.165, 1.54) is 6.07 Å². The maximum absolute atomic E-state index is 13.5. The second-order valence-electron chi connectivity index (χ2n) is 9.65. The first-order valence-corrected chi connectivity index (χ1v) is 13.8. The molecule has 220 valence electrons. The summed E-state index contributed by atoms with van der Waals surface area (Å²) in [6.07, 6.45) is 8.03. The summed E-state index contributed by atoms with van der Waals surface area (Å²) in [6.45, 7) is 0.530. The Hall–Kier alpha value is -4.37. The van der Waals surface area contributed by atoms with E-state index in [2.05, 4.69) is 0 Å². The third-order valence-corrected chi connectivity index (χ3v) is 6.91. The predicted molar refractivity (Wildman–Crippen MR) is 157 cm³/mol. The molecular formula is C32H30ClF2NO6. The van der Waals surface area contributed by atoms with E-state index < -0.39 is 23.6 Å². The average molecular weight is 598 g/mol. The highest BCUT2D eigenvalue weighted by atomic mass is 35.5. The van der Waals surface area contributed by atoms with Crippen LogP contribution in [0.25, 0.3) is 23.1 Å². The van der Waals surface area contributed by atoms with Gasteiger partial charge < -0.3 is 24.3 Å². The van der Waals surface area contributed by atoms with Gasteiger partial charge in [-0.3, -0.25) is 9.59 Å². The number of nitrogens with zero attached hydrogens (tertiary/aromatic N) is 1. The summed E-state index contributed by atoms with van der Waals surface area (Å²) in [7, 11) is 0. The highest BCUT2D eigenvalue weighted by Crippen LogP contribution is 2.30. The fourth-order valence-electron chi connectivity index (χ4n) is 4.55. The number of unbranched alkanes of at least 4 members (excludes halogenated alkanes) is 1. The minimum atomic E-state index is -1.13. The summed E-state index contributed by atoms with van der Waals surface area (Å²) in [6, 6.07) is 15.5. The van der Waals surface area contributed by atoms with Crippen molar-refractivity contribution in [1.82, 2.24) is 4.57 Å². The van der Waals surface area contributed by atoms with Gasteiger partial charge in [0.2, 0.25) is 0 Å². The van der Waals surface area contributed by atoms with Crippen LogP contribution in [0.5, 0.6) is 11.5 Å². The van der Waals surface area contributed by atoms with Crippen LogP contribution in [0, 0.1) is 11.6 Å². The number of para-hydroxylation sites is 1. The zero-order valence-corrected chi connectivity index (χ0v) is 23.4. The van der Waals surface area contributed by atoms with Crippen molar-refractivity contribution in [3.63, 3.8) is 0 Å². The maximum Gasteiger partial charge on any atom is 0.323 e. The molecular weight excluding hydrogens is 568 g/mol. The lowest BCUT2D eigenvalue weighted by Gasteiger charge is -2.09. The van der Waals surface area contributed by atoms with Crippen molar-refractivity contribution >= 4 is 46.6 Å². The minimum Gasteiger partial charge on any atom is -0.494 e. The molecule has 0 bridgehead atoms. The number of carboxylic acid groups (broad SMARTS) is 2. The molecule has 0 saturated heterocycles. The number of hydrogen-bond acceptors (Lipinski definition) is 4. The molecule has 7 nitrogen and oxygen atoms in total. The number of fused-ring (bicyclic) bond motifs is 1. The fraction of sp³-hybridized carbons (Fsp3) is 0.250. The summed E-state index contributed by atoms with van der Waals surface area (Å²) >= 11 is 5.76. The molecule has 2 N–H and O–H groups in total. The zero-order chi connectivity index (χ0) is 30.1. The van der Waals surface area contributed by atoms with E-state index in [1.54, 1.807) is 10.8 Å². The summed E-state index contributed by atoms with van der Waals surface area (Å²) in [5.41, 5.74) is 3.49. The van der Waals surface area contributed by atoms with Crippen molar-refractivity contribution in [2.45, 2.75) is 38.6 Å². The Labute approximate surface area is 246 Å². The number of ether oxygens (including phenoxy) is 2. The Kier molecular flexibility index (Phi) is 10.6. The largest absolute Gasteiger partial charge is 0.494 e. The molecule has 0 aliphatic rings. The Balaban J connectivity index is 1.33. The molecule has 0 unspecified atom stereocenters. The third-order valence-electron chi connectivity index (χ3n) is 6.55. The Morgan fingerprint density at radius 3 is 2.33 bits per heavy atom. The van der Waals surface area contributed by atoms with E-state index in [9.17, 15) is 23.5 Å². The number of halogens is 3. The summed E-state index contributed by atoms with van der Waals surface area (Å²) < 4.78 is 39.6. The second kappa shape index (κ2) is 14.5. The van der Waals surface area contributed by atoms with Gasteiger partial charge in [0.15, 0.2) is 11.6 Å². The first kappa shape index (κ1) is 30.6. The van der Waals surface area contributed by atoms with Crippen molar-refractivity contribution in [1.29, 1.82) is 0 Å². The van der Waals surface area contributed by atoms with Gasteiger partial charge in [-0.1, -0.05) is 54.1 Å². The van der Waals surface area contributed by atoms with Gasteiger partial charge in [-0.25, -0.2) is 8.78 Å². The van der Waals surface area contributed by atoms with Crippen LogP contribution < -0.4 is 9.47 Å². The number of carboxylic acids is 2. The summed E-state index contributed by atoms with van der Waals surface area (Å²) in [4.78, 5) is 22.4. The third kappa shape index (κ3) is 8.10. The van der Waals surface area contributed by atoms with Crippen molar-refractivity contribution in [3.8, 4) is 11.5 Å². The van der Waals surface area contributed by atoms with Crippen LogP contribution in [-0.2, 0) is 22.6 Å². The first-order chi connectivity index (χ1) is 20.2. The van der Waals surface area contributed by atoms with E-state index in [4.69, 9.17) is 26.2 Å². The maximum atomic E-state index is 13.5. The molecule has 0 atom stereocenters. The number of hydrogen-bond donors (Lipinski definition) is 2. The SMILES string of the molecule is O=C(O)CCCc1cn(CC(=O)O)c2c(/C=C/c3ccc(OCCCCOc4ccc(F)c(F)c4Cl)cc3)cccc12. The van der Waals surface area contributed by atoms with Crippen LogP contribution in [0.15, 0.2) is 60.8 Å².